The minimum atomic E-state index is 0.0194. The first-order chi connectivity index (χ1) is 9.28. The molecule has 1 amide bonds. The SMILES string of the molecule is O=C(CCC1CCCCO1)Nc1ccc(CO)cc1. The third kappa shape index (κ3) is 4.65. The molecule has 104 valence electrons. The van der Waals surface area contributed by atoms with Crippen molar-refractivity contribution in [3.8, 4) is 0 Å². The van der Waals surface area contributed by atoms with E-state index >= 15 is 0 Å². The van der Waals surface area contributed by atoms with Crippen LogP contribution in [0.4, 0.5) is 5.69 Å². The van der Waals surface area contributed by atoms with Crippen LogP contribution in [0, 0.1) is 0 Å². The Morgan fingerprint density at radius 1 is 1.32 bits per heavy atom. The van der Waals surface area contributed by atoms with E-state index in [0.29, 0.717) is 6.42 Å². The molecule has 1 saturated heterocycles. The Labute approximate surface area is 113 Å². The van der Waals surface area contributed by atoms with Gasteiger partial charge in [-0.3, -0.25) is 4.79 Å². The number of anilines is 1. The Kier molecular flexibility index (Phi) is 5.36. The molecule has 4 heteroatoms. The molecule has 0 spiro atoms. The number of rotatable bonds is 5. The molecule has 1 fully saturated rings. The molecule has 1 unspecified atom stereocenters. The molecule has 1 aliphatic rings. The number of amides is 1. The molecule has 0 bridgehead atoms. The van der Waals surface area contributed by atoms with Gasteiger partial charge in [0.05, 0.1) is 12.7 Å². The van der Waals surface area contributed by atoms with Crippen molar-refractivity contribution in [2.75, 3.05) is 11.9 Å². The molecule has 1 aromatic rings. The van der Waals surface area contributed by atoms with E-state index in [4.69, 9.17) is 9.84 Å². The van der Waals surface area contributed by atoms with E-state index in [1.165, 1.54) is 6.42 Å². The number of hydrogen-bond donors (Lipinski definition) is 2. The summed E-state index contributed by atoms with van der Waals surface area (Å²) in [6.45, 7) is 0.849. The lowest BCUT2D eigenvalue weighted by molar-refractivity contribution is -0.117. The highest BCUT2D eigenvalue weighted by Gasteiger charge is 2.15. The molecule has 0 radical (unpaired) electrons. The van der Waals surface area contributed by atoms with Crippen molar-refractivity contribution in [3.63, 3.8) is 0 Å². The zero-order valence-corrected chi connectivity index (χ0v) is 11.1. The highest BCUT2D eigenvalue weighted by molar-refractivity contribution is 5.90. The van der Waals surface area contributed by atoms with Crippen LogP contribution in [0.1, 0.15) is 37.7 Å². The average Bonchev–Trinajstić information content (AvgIpc) is 2.47. The molecule has 19 heavy (non-hydrogen) atoms. The summed E-state index contributed by atoms with van der Waals surface area (Å²) in [5.74, 6) is 0.0194. The lowest BCUT2D eigenvalue weighted by Crippen LogP contribution is -2.21. The van der Waals surface area contributed by atoms with E-state index in [0.717, 1.165) is 37.1 Å². The summed E-state index contributed by atoms with van der Waals surface area (Å²) in [5.41, 5.74) is 1.61. The molecule has 1 aromatic carbocycles. The Bertz CT molecular complexity index is 396. The van der Waals surface area contributed by atoms with Crippen molar-refractivity contribution in [2.24, 2.45) is 0 Å². The van der Waals surface area contributed by atoms with Crippen LogP contribution in [-0.2, 0) is 16.1 Å². The second-order valence-electron chi connectivity index (χ2n) is 4.93. The zero-order chi connectivity index (χ0) is 13.5. The summed E-state index contributed by atoms with van der Waals surface area (Å²) in [6, 6.07) is 7.22. The monoisotopic (exact) mass is 263 g/mol. The maximum atomic E-state index is 11.8. The normalized spacial score (nSPS) is 19.1. The molecule has 1 aliphatic heterocycles. The van der Waals surface area contributed by atoms with Gasteiger partial charge in [0, 0.05) is 18.7 Å². The highest BCUT2D eigenvalue weighted by Crippen LogP contribution is 2.17. The molecule has 0 aromatic heterocycles. The summed E-state index contributed by atoms with van der Waals surface area (Å²) < 4.78 is 5.60. The van der Waals surface area contributed by atoms with E-state index in [1.54, 1.807) is 24.3 Å². The molecule has 0 aliphatic carbocycles. The second kappa shape index (κ2) is 7.26. The summed E-state index contributed by atoms with van der Waals surface area (Å²) >= 11 is 0. The molecule has 4 nitrogen and oxygen atoms in total. The standard InChI is InChI=1S/C15H21NO3/c17-11-12-4-6-13(7-5-12)16-15(18)9-8-14-3-1-2-10-19-14/h4-7,14,17H,1-3,8-11H2,(H,16,18). The van der Waals surface area contributed by atoms with Crippen LogP contribution in [0.5, 0.6) is 0 Å². The van der Waals surface area contributed by atoms with Gasteiger partial charge in [-0.15, -0.1) is 0 Å². The van der Waals surface area contributed by atoms with Gasteiger partial charge in [-0.25, -0.2) is 0 Å². The maximum absolute atomic E-state index is 11.8. The first-order valence-electron chi connectivity index (χ1n) is 6.89. The number of aliphatic hydroxyl groups is 1. The number of aliphatic hydroxyl groups excluding tert-OH is 1. The van der Waals surface area contributed by atoms with Gasteiger partial charge < -0.3 is 15.2 Å². The first-order valence-corrected chi connectivity index (χ1v) is 6.89. The number of carbonyl (C=O) groups is 1. The Morgan fingerprint density at radius 2 is 2.11 bits per heavy atom. The van der Waals surface area contributed by atoms with Crippen molar-refractivity contribution in [2.45, 2.75) is 44.8 Å². The fourth-order valence-electron chi connectivity index (χ4n) is 2.24. The summed E-state index contributed by atoms with van der Waals surface area (Å²) in [6.07, 6.45) is 4.94. The van der Waals surface area contributed by atoms with Crippen LogP contribution in [0.15, 0.2) is 24.3 Å². The fourth-order valence-corrected chi connectivity index (χ4v) is 2.24. The predicted octanol–water partition coefficient (Wildman–Crippen LogP) is 2.47. The minimum absolute atomic E-state index is 0.0194. The van der Waals surface area contributed by atoms with Crippen molar-refractivity contribution in [3.05, 3.63) is 29.8 Å². The van der Waals surface area contributed by atoms with Gasteiger partial charge in [-0.05, 0) is 43.4 Å². The summed E-state index contributed by atoms with van der Waals surface area (Å²) in [5, 5.41) is 11.8. The fraction of sp³-hybridized carbons (Fsp3) is 0.533. The van der Waals surface area contributed by atoms with E-state index in [-0.39, 0.29) is 18.6 Å². The predicted molar refractivity (Wildman–Crippen MR) is 73.8 cm³/mol. The lowest BCUT2D eigenvalue weighted by atomic mass is 10.0. The summed E-state index contributed by atoms with van der Waals surface area (Å²) in [4.78, 5) is 11.8. The van der Waals surface area contributed by atoms with Gasteiger partial charge in [0.25, 0.3) is 0 Å². The van der Waals surface area contributed by atoms with Crippen LogP contribution in [0.2, 0.25) is 0 Å². The smallest absolute Gasteiger partial charge is 0.224 e. The minimum Gasteiger partial charge on any atom is -0.392 e. The van der Waals surface area contributed by atoms with E-state index < -0.39 is 0 Å². The number of carbonyl (C=O) groups excluding carboxylic acids is 1. The third-order valence-corrected chi connectivity index (χ3v) is 3.39. The summed E-state index contributed by atoms with van der Waals surface area (Å²) in [7, 11) is 0. The van der Waals surface area contributed by atoms with Crippen LogP contribution in [0.25, 0.3) is 0 Å². The van der Waals surface area contributed by atoms with Gasteiger partial charge in [-0.2, -0.15) is 0 Å². The van der Waals surface area contributed by atoms with E-state index in [1.807, 2.05) is 0 Å². The van der Waals surface area contributed by atoms with Crippen LogP contribution >= 0.6 is 0 Å². The number of nitrogens with one attached hydrogen (secondary N) is 1. The lowest BCUT2D eigenvalue weighted by Gasteiger charge is -2.22. The number of ether oxygens (including phenoxy) is 1. The molecule has 1 atom stereocenters. The molecular weight excluding hydrogens is 242 g/mol. The molecule has 0 saturated carbocycles. The van der Waals surface area contributed by atoms with Gasteiger partial charge in [0.15, 0.2) is 0 Å². The van der Waals surface area contributed by atoms with Gasteiger partial charge >= 0.3 is 0 Å². The van der Waals surface area contributed by atoms with E-state index in [2.05, 4.69) is 5.32 Å². The van der Waals surface area contributed by atoms with Crippen molar-refractivity contribution in [1.82, 2.24) is 0 Å². The second-order valence-corrected chi connectivity index (χ2v) is 4.93. The van der Waals surface area contributed by atoms with Crippen LogP contribution in [-0.4, -0.2) is 23.7 Å². The Hall–Kier alpha value is -1.39. The number of benzene rings is 1. The van der Waals surface area contributed by atoms with Gasteiger partial charge in [-0.1, -0.05) is 12.1 Å². The quantitative estimate of drug-likeness (QED) is 0.858. The highest BCUT2D eigenvalue weighted by atomic mass is 16.5. The van der Waals surface area contributed by atoms with Crippen LogP contribution in [0.3, 0.4) is 0 Å². The van der Waals surface area contributed by atoms with Crippen molar-refractivity contribution >= 4 is 11.6 Å². The van der Waals surface area contributed by atoms with Gasteiger partial charge in [0.1, 0.15) is 0 Å². The van der Waals surface area contributed by atoms with Crippen molar-refractivity contribution in [1.29, 1.82) is 0 Å². The van der Waals surface area contributed by atoms with E-state index in [9.17, 15) is 4.79 Å². The number of hydrogen-bond acceptors (Lipinski definition) is 3. The Morgan fingerprint density at radius 3 is 2.74 bits per heavy atom. The molecule has 1 heterocycles. The van der Waals surface area contributed by atoms with Gasteiger partial charge in [0.2, 0.25) is 5.91 Å². The maximum Gasteiger partial charge on any atom is 0.224 e. The topological polar surface area (TPSA) is 58.6 Å². The molecule has 2 rings (SSSR count). The average molecular weight is 263 g/mol. The zero-order valence-electron chi connectivity index (χ0n) is 11.1. The molecular formula is C15H21NO3. The van der Waals surface area contributed by atoms with Crippen molar-refractivity contribution < 1.29 is 14.6 Å². The molecule has 2 N–H and O–H groups in total. The largest absolute Gasteiger partial charge is 0.392 e. The third-order valence-electron chi connectivity index (χ3n) is 3.39. The Balaban J connectivity index is 1.73. The first kappa shape index (κ1) is 14.0. The van der Waals surface area contributed by atoms with Crippen LogP contribution < -0.4 is 5.32 Å².